The summed E-state index contributed by atoms with van der Waals surface area (Å²) in [5.41, 5.74) is 1.63. The van der Waals surface area contributed by atoms with Crippen LogP contribution in [0.2, 0.25) is 0 Å². The summed E-state index contributed by atoms with van der Waals surface area (Å²) in [4.78, 5) is 13.1. The Morgan fingerprint density at radius 3 is 2.47 bits per heavy atom. The van der Waals surface area contributed by atoms with Gasteiger partial charge >= 0.3 is 0 Å². The lowest BCUT2D eigenvalue weighted by Crippen LogP contribution is -2.50. The third kappa shape index (κ3) is 5.83. The number of benzene rings is 2. The number of sulfonamides is 1. The Morgan fingerprint density at radius 1 is 1.13 bits per heavy atom. The quantitative estimate of drug-likeness (QED) is 0.639. The fourth-order valence-corrected chi connectivity index (χ4v) is 5.05. The van der Waals surface area contributed by atoms with Crippen LogP contribution in [0.3, 0.4) is 0 Å². The molecule has 1 fully saturated rings. The smallest absolute Gasteiger partial charge is 0.241 e. The van der Waals surface area contributed by atoms with Crippen LogP contribution in [-0.2, 0) is 21.2 Å². The number of rotatable bonds is 9. The van der Waals surface area contributed by atoms with Crippen molar-refractivity contribution in [1.82, 2.24) is 10.0 Å². The standard InChI is InChI=1S/C23H30N2O4S/c1-3-29-22-14-13-20(15-17(22)2)30(27,28)25-21(16-18-9-5-4-6-10-18)23(26)24-19-11-7-8-12-19/h4-6,9-10,13-15,19,21,25H,3,7-8,11-12,16H2,1-2H3,(H,24,26)/t21-/m0/s1. The number of aryl methyl sites for hydroxylation is 1. The largest absolute Gasteiger partial charge is 0.494 e. The van der Waals surface area contributed by atoms with Gasteiger partial charge in [-0.25, -0.2) is 8.42 Å². The molecule has 2 aromatic carbocycles. The fraction of sp³-hybridized carbons (Fsp3) is 0.435. The lowest BCUT2D eigenvalue weighted by molar-refractivity contribution is -0.123. The SMILES string of the molecule is CCOc1ccc(S(=O)(=O)N[C@@H](Cc2ccccc2)C(=O)NC2CCCC2)cc1C. The summed E-state index contributed by atoms with van der Waals surface area (Å²) in [7, 11) is -3.88. The van der Waals surface area contributed by atoms with Crippen LogP contribution in [0.4, 0.5) is 0 Å². The first-order valence-corrected chi connectivity index (χ1v) is 12.0. The van der Waals surface area contributed by atoms with Gasteiger partial charge in [-0.3, -0.25) is 4.79 Å². The molecule has 0 aliphatic heterocycles. The topological polar surface area (TPSA) is 84.5 Å². The van der Waals surface area contributed by atoms with Crippen molar-refractivity contribution in [2.75, 3.05) is 6.61 Å². The molecule has 0 radical (unpaired) electrons. The van der Waals surface area contributed by atoms with Gasteiger partial charge < -0.3 is 10.1 Å². The third-order valence-corrected chi connectivity index (χ3v) is 6.82. The highest BCUT2D eigenvalue weighted by Gasteiger charge is 2.28. The van der Waals surface area contributed by atoms with Crippen molar-refractivity contribution < 1.29 is 17.9 Å². The summed E-state index contributed by atoms with van der Waals surface area (Å²) < 4.78 is 34.3. The summed E-state index contributed by atoms with van der Waals surface area (Å²) in [6.45, 7) is 4.19. The third-order valence-electron chi connectivity index (χ3n) is 5.35. The summed E-state index contributed by atoms with van der Waals surface area (Å²) in [6, 6.07) is 13.4. The lowest BCUT2D eigenvalue weighted by Gasteiger charge is -2.21. The predicted molar refractivity (Wildman–Crippen MR) is 117 cm³/mol. The first-order valence-electron chi connectivity index (χ1n) is 10.5. The predicted octanol–water partition coefficient (Wildman–Crippen LogP) is 3.34. The highest BCUT2D eigenvalue weighted by Crippen LogP contribution is 2.22. The maximum Gasteiger partial charge on any atom is 0.241 e. The Kier molecular flexibility index (Phi) is 7.50. The average molecular weight is 431 g/mol. The van der Waals surface area contributed by atoms with Crippen LogP contribution in [0.5, 0.6) is 5.75 Å². The molecular formula is C23H30N2O4S. The Hall–Kier alpha value is -2.38. The van der Waals surface area contributed by atoms with E-state index in [4.69, 9.17) is 4.74 Å². The maximum atomic E-state index is 13.1. The van der Waals surface area contributed by atoms with Gasteiger partial charge in [-0.05, 0) is 62.4 Å². The Morgan fingerprint density at radius 2 is 1.83 bits per heavy atom. The van der Waals surface area contributed by atoms with Crippen molar-refractivity contribution in [2.45, 2.75) is 62.9 Å². The molecule has 0 bridgehead atoms. The molecule has 0 unspecified atom stereocenters. The van der Waals surface area contributed by atoms with Gasteiger partial charge in [-0.1, -0.05) is 43.2 Å². The van der Waals surface area contributed by atoms with Gasteiger partial charge in [0.2, 0.25) is 15.9 Å². The van der Waals surface area contributed by atoms with E-state index in [1.165, 1.54) is 6.07 Å². The monoisotopic (exact) mass is 430 g/mol. The second kappa shape index (κ2) is 10.1. The summed E-state index contributed by atoms with van der Waals surface area (Å²) in [5, 5.41) is 3.02. The van der Waals surface area contributed by atoms with Gasteiger partial charge in [0.05, 0.1) is 11.5 Å². The van der Waals surface area contributed by atoms with E-state index in [0.717, 1.165) is 36.8 Å². The van der Waals surface area contributed by atoms with E-state index in [1.54, 1.807) is 19.1 Å². The molecule has 2 N–H and O–H groups in total. The van der Waals surface area contributed by atoms with Gasteiger partial charge in [0.1, 0.15) is 11.8 Å². The Labute approximate surface area is 179 Å². The van der Waals surface area contributed by atoms with Gasteiger partial charge in [0.25, 0.3) is 0 Å². The minimum absolute atomic E-state index is 0.119. The zero-order valence-corrected chi connectivity index (χ0v) is 18.4. The maximum absolute atomic E-state index is 13.1. The lowest BCUT2D eigenvalue weighted by atomic mass is 10.1. The van der Waals surface area contributed by atoms with E-state index in [2.05, 4.69) is 10.0 Å². The molecule has 0 aromatic heterocycles. The first-order chi connectivity index (χ1) is 14.4. The van der Waals surface area contributed by atoms with Crippen molar-refractivity contribution in [2.24, 2.45) is 0 Å². The number of amides is 1. The van der Waals surface area contributed by atoms with Gasteiger partial charge in [-0.2, -0.15) is 4.72 Å². The van der Waals surface area contributed by atoms with Crippen LogP contribution >= 0.6 is 0 Å². The second-order valence-electron chi connectivity index (χ2n) is 7.71. The zero-order valence-electron chi connectivity index (χ0n) is 17.6. The number of carbonyl (C=O) groups excluding carboxylic acids is 1. The highest BCUT2D eigenvalue weighted by atomic mass is 32.2. The van der Waals surface area contributed by atoms with Crippen molar-refractivity contribution in [1.29, 1.82) is 0 Å². The molecule has 1 aliphatic rings. The molecule has 0 heterocycles. The van der Waals surface area contributed by atoms with Crippen molar-refractivity contribution in [3.8, 4) is 5.75 Å². The average Bonchev–Trinajstić information content (AvgIpc) is 3.23. The number of nitrogens with one attached hydrogen (secondary N) is 2. The summed E-state index contributed by atoms with van der Waals surface area (Å²) in [6.07, 6.45) is 4.34. The van der Waals surface area contributed by atoms with Crippen LogP contribution < -0.4 is 14.8 Å². The minimum atomic E-state index is -3.88. The Bertz CT molecular complexity index is 954. The molecule has 0 saturated heterocycles. The molecule has 1 aliphatic carbocycles. The molecule has 1 atom stereocenters. The van der Waals surface area contributed by atoms with E-state index in [-0.39, 0.29) is 23.3 Å². The number of hydrogen-bond donors (Lipinski definition) is 2. The van der Waals surface area contributed by atoms with Gasteiger partial charge in [0.15, 0.2) is 0 Å². The molecule has 0 spiro atoms. The van der Waals surface area contributed by atoms with Crippen molar-refractivity contribution in [3.05, 3.63) is 59.7 Å². The fourth-order valence-electron chi connectivity index (χ4n) is 3.77. The van der Waals surface area contributed by atoms with E-state index in [0.29, 0.717) is 12.4 Å². The first kappa shape index (κ1) is 22.3. The molecule has 162 valence electrons. The van der Waals surface area contributed by atoms with Crippen LogP contribution in [0.15, 0.2) is 53.4 Å². The Balaban J connectivity index is 1.81. The van der Waals surface area contributed by atoms with E-state index < -0.39 is 16.1 Å². The molecule has 3 rings (SSSR count). The van der Waals surface area contributed by atoms with Crippen molar-refractivity contribution in [3.63, 3.8) is 0 Å². The van der Waals surface area contributed by atoms with Gasteiger partial charge in [-0.15, -0.1) is 0 Å². The molecule has 6 nitrogen and oxygen atoms in total. The van der Waals surface area contributed by atoms with Crippen LogP contribution in [0.25, 0.3) is 0 Å². The van der Waals surface area contributed by atoms with E-state index in [1.807, 2.05) is 37.3 Å². The molecule has 2 aromatic rings. The zero-order chi connectivity index (χ0) is 21.6. The normalized spacial score (nSPS) is 15.7. The number of ether oxygens (including phenoxy) is 1. The van der Waals surface area contributed by atoms with Crippen LogP contribution in [0.1, 0.15) is 43.7 Å². The van der Waals surface area contributed by atoms with Crippen molar-refractivity contribution >= 4 is 15.9 Å². The van der Waals surface area contributed by atoms with E-state index >= 15 is 0 Å². The molecular weight excluding hydrogens is 400 g/mol. The van der Waals surface area contributed by atoms with Gasteiger partial charge in [0, 0.05) is 6.04 Å². The number of hydrogen-bond acceptors (Lipinski definition) is 4. The molecule has 30 heavy (non-hydrogen) atoms. The number of carbonyl (C=O) groups is 1. The highest BCUT2D eigenvalue weighted by molar-refractivity contribution is 7.89. The summed E-state index contributed by atoms with van der Waals surface area (Å²) >= 11 is 0. The molecule has 7 heteroatoms. The van der Waals surface area contributed by atoms with Crippen LogP contribution in [-0.4, -0.2) is 33.0 Å². The van der Waals surface area contributed by atoms with E-state index in [9.17, 15) is 13.2 Å². The minimum Gasteiger partial charge on any atom is -0.494 e. The molecule has 1 saturated carbocycles. The second-order valence-corrected chi connectivity index (χ2v) is 9.43. The summed E-state index contributed by atoms with van der Waals surface area (Å²) in [5.74, 6) is 0.369. The van der Waals surface area contributed by atoms with Crippen LogP contribution in [0, 0.1) is 6.92 Å². The molecule has 1 amide bonds.